The first kappa shape index (κ1) is 13.3. The average molecular weight is 265 g/mol. The number of oxazole rings is 1. The SMILES string of the molecule is CC(C)c1ncc(C(=O)N[C@H]2CCC(=O)NC2=O)o1. The molecule has 2 N–H and O–H groups in total. The summed E-state index contributed by atoms with van der Waals surface area (Å²) in [4.78, 5) is 38.3. The second-order valence-electron chi connectivity index (χ2n) is 4.69. The zero-order valence-corrected chi connectivity index (χ0v) is 10.7. The number of imide groups is 1. The molecule has 1 aliphatic rings. The monoisotopic (exact) mass is 265 g/mol. The van der Waals surface area contributed by atoms with Gasteiger partial charge in [0.1, 0.15) is 6.04 Å². The highest BCUT2D eigenvalue weighted by Gasteiger charge is 2.29. The van der Waals surface area contributed by atoms with Crippen LogP contribution in [0.3, 0.4) is 0 Å². The smallest absolute Gasteiger partial charge is 0.289 e. The number of amides is 3. The lowest BCUT2D eigenvalue weighted by Crippen LogP contribution is -2.52. The quantitative estimate of drug-likeness (QED) is 0.767. The highest BCUT2D eigenvalue weighted by molar-refractivity contribution is 6.03. The predicted octanol–water partition coefficient (Wildman–Crippen LogP) is 0.333. The van der Waals surface area contributed by atoms with E-state index in [-0.39, 0.29) is 24.0 Å². The second-order valence-corrected chi connectivity index (χ2v) is 4.69. The van der Waals surface area contributed by atoms with Gasteiger partial charge in [-0.05, 0) is 6.42 Å². The molecular formula is C12H15N3O4. The number of piperidine rings is 1. The van der Waals surface area contributed by atoms with Crippen LogP contribution in [0.5, 0.6) is 0 Å². The predicted molar refractivity (Wildman–Crippen MR) is 64.2 cm³/mol. The Kier molecular flexibility index (Phi) is 3.64. The Morgan fingerprint density at radius 2 is 2.26 bits per heavy atom. The van der Waals surface area contributed by atoms with Crippen LogP contribution in [0.25, 0.3) is 0 Å². The van der Waals surface area contributed by atoms with E-state index in [0.717, 1.165) is 0 Å². The van der Waals surface area contributed by atoms with Crippen molar-refractivity contribution < 1.29 is 18.8 Å². The van der Waals surface area contributed by atoms with Crippen molar-refractivity contribution in [2.45, 2.75) is 38.6 Å². The fourth-order valence-corrected chi connectivity index (χ4v) is 1.72. The molecule has 102 valence electrons. The van der Waals surface area contributed by atoms with Gasteiger partial charge >= 0.3 is 0 Å². The van der Waals surface area contributed by atoms with Crippen molar-refractivity contribution in [2.24, 2.45) is 0 Å². The molecule has 7 heteroatoms. The van der Waals surface area contributed by atoms with E-state index in [4.69, 9.17) is 4.42 Å². The molecule has 0 spiro atoms. The summed E-state index contributed by atoms with van der Waals surface area (Å²) < 4.78 is 5.28. The van der Waals surface area contributed by atoms with Crippen molar-refractivity contribution in [2.75, 3.05) is 0 Å². The maximum atomic E-state index is 11.9. The summed E-state index contributed by atoms with van der Waals surface area (Å²) in [5, 5.41) is 4.69. The van der Waals surface area contributed by atoms with Crippen LogP contribution < -0.4 is 10.6 Å². The maximum Gasteiger partial charge on any atom is 0.289 e. The number of rotatable bonds is 3. The van der Waals surface area contributed by atoms with E-state index in [1.807, 2.05) is 13.8 Å². The van der Waals surface area contributed by atoms with Gasteiger partial charge in [-0.3, -0.25) is 19.7 Å². The molecule has 1 atom stereocenters. The van der Waals surface area contributed by atoms with Gasteiger partial charge < -0.3 is 9.73 Å². The normalized spacial score (nSPS) is 19.4. The van der Waals surface area contributed by atoms with E-state index in [1.54, 1.807) is 0 Å². The first-order valence-electron chi connectivity index (χ1n) is 6.07. The van der Waals surface area contributed by atoms with Crippen molar-refractivity contribution in [1.29, 1.82) is 0 Å². The first-order valence-corrected chi connectivity index (χ1v) is 6.07. The Morgan fingerprint density at radius 3 is 2.84 bits per heavy atom. The van der Waals surface area contributed by atoms with Crippen LogP contribution in [0.1, 0.15) is 49.1 Å². The van der Waals surface area contributed by atoms with Crippen LogP contribution in [-0.4, -0.2) is 28.7 Å². The van der Waals surface area contributed by atoms with E-state index in [1.165, 1.54) is 6.20 Å². The molecule has 0 radical (unpaired) electrons. The zero-order chi connectivity index (χ0) is 14.0. The third kappa shape index (κ3) is 2.98. The Hall–Kier alpha value is -2.18. The van der Waals surface area contributed by atoms with Crippen molar-refractivity contribution in [3.05, 3.63) is 17.8 Å². The third-order valence-electron chi connectivity index (χ3n) is 2.79. The molecule has 1 aromatic heterocycles. The molecule has 1 aromatic rings. The molecule has 2 rings (SSSR count). The summed E-state index contributed by atoms with van der Waals surface area (Å²) in [5.41, 5.74) is 0. The van der Waals surface area contributed by atoms with E-state index in [9.17, 15) is 14.4 Å². The number of hydrogen-bond acceptors (Lipinski definition) is 5. The highest BCUT2D eigenvalue weighted by atomic mass is 16.4. The molecule has 0 aromatic carbocycles. The van der Waals surface area contributed by atoms with Gasteiger partial charge in [-0.2, -0.15) is 0 Å². The standard InChI is InChI=1S/C12H15N3O4/c1-6(2)12-13-5-8(19-12)11(18)14-7-3-4-9(16)15-10(7)17/h5-7H,3-4H2,1-2H3,(H,14,18)(H,15,16,17)/t7-/m0/s1. The molecule has 19 heavy (non-hydrogen) atoms. The van der Waals surface area contributed by atoms with E-state index < -0.39 is 17.9 Å². The first-order chi connectivity index (χ1) is 8.97. The van der Waals surface area contributed by atoms with Crippen molar-refractivity contribution >= 4 is 17.7 Å². The number of hydrogen-bond donors (Lipinski definition) is 2. The van der Waals surface area contributed by atoms with E-state index in [2.05, 4.69) is 15.6 Å². The Balaban J connectivity index is 2.00. The number of nitrogens with one attached hydrogen (secondary N) is 2. The number of carbonyl (C=O) groups is 3. The lowest BCUT2D eigenvalue weighted by Gasteiger charge is -2.21. The van der Waals surface area contributed by atoms with E-state index in [0.29, 0.717) is 12.3 Å². The van der Waals surface area contributed by atoms with Crippen molar-refractivity contribution in [3.8, 4) is 0 Å². The summed E-state index contributed by atoms with van der Waals surface area (Å²) >= 11 is 0. The topological polar surface area (TPSA) is 101 Å². The van der Waals surface area contributed by atoms with Gasteiger partial charge in [0, 0.05) is 12.3 Å². The summed E-state index contributed by atoms with van der Waals surface area (Å²) in [6.45, 7) is 3.79. The van der Waals surface area contributed by atoms with Crippen LogP contribution in [0.4, 0.5) is 0 Å². The van der Waals surface area contributed by atoms with Gasteiger partial charge in [-0.25, -0.2) is 4.98 Å². The van der Waals surface area contributed by atoms with Crippen molar-refractivity contribution in [1.82, 2.24) is 15.6 Å². The lowest BCUT2D eigenvalue weighted by atomic mass is 10.1. The molecular weight excluding hydrogens is 250 g/mol. The van der Waals surface area contributed by atoms with E-state index >= 15 is 0 Å². The fraction of sp³-hybridized carbons (Fsp3) is 0.500. The van der Waals surface area contributed by atoms with Crippen LogP contribution in [0.2, 0.25) is 0 Å². The van der Waals surface area contributed by atoms with Gasteiger partial charge in [0.05, 0.1) is 6.20 Å². The van der Waals surface area contributed by atoms with Crippen LogP contribution in [0.15, 0.2) is 10.6 Å². The Labute approximate surface area is 109 Å². The summed E-state index contributed by atoms with van der Waals surface area (Å²) in [6, 6.07) is -0.710. The van der Waals surface area contributed by atoms with Gasteiger partial charge in [-0.15, -0.1) is 0 Å². The summed E-state index contributed by atoms with van der Waals surface area (Å²) in [6.07, 6.45) is 1.84. The molecule has 2 heterocycles. The fourth-order valence-electron chi connectivity index (χ4n) is 1.72. The average Bonchev–Trinajstić information content (AvgIpc) is 2.82. The molecule has 0 aliphatic carbocycles. The second kappa shape index (κ2) is 5.21. The molecule has 3 amide bonds. The number of aromatic nitrogens is 1. The molecule has 1 fully saturated rings. The summed E-state index contributed by atoms with van der Waals surface area (Å²) in [7, 11) is 0. The minimum Gasteiger partial charge on any atom is -0.435 e. The Morgan fingerprint density at radius 1 is 1.53 bits per heavy atom. The number of carbonyl (C=O) groups excluding carboxylic acids is 3. The third-order valence-corrected chi connectivity index (χ3v) is 2.79. The van der Waals surface area contributed by atoms with Crippen LogP contribution in [0, 0.1) is 0 Å². The molecule has 0 bridgehead atoms. The number of nitrogens with zero attached hydrogens (tertiary/aromatic N) is 1. The van der Waals surface area contributed by atoms with Gasteiger partial charge in [0.2, 0.25) is 17.6 Å². The minimum absolute atomic E-state index is 0.0633. The largest absolute Gasteiger partial charge is 0.435 e. The summed E-state index contributed by atoms with van der Waals surface area (Å²) in [5.74, 6) is -0.710. The maximum absolute atomic E-state index is 11.9. The lowest BCUT2D eigenvalue weighted by molar-refractivity contribution is -0.134. The van der Waals surface area contributed by atoms with Crippen LogP contribution in [-0.2, 0) is 9.59 Å². The highest BCUT2D eigenvalue weighted by Crippen LogP contribution is 2.14. The molecule has 0 saturated carbocycles. The Bertz CT molecular complexity index is 521. The van der Waals surface area contributed by atoms with Gasteiger partial charge in [0.25, 0.3) is 5.91 Å². The molecule has 7 nitrogen and oxygen atoms in total. The van der Waals surface area contributed by atoms with Crippen LogP contribution >= 0.6 is 0 Å². The minimum atomic E-state index is -0.710. The van der Waals surface area contributed by atoms with Gasteiger partial charge in [0.15, 0.2) is 5.89 Å². The van der Waals surface area contributed by atoms with Gasteiger partial charge in [-0.1, -0.05) is 13.8 Å². The zero-order valence-electron chi connectivity index (χ0n) is 10.7. The molecule has 1 aliphatic heterocycles. The molecule has 1 saturated heterocycles. The molecule has 0 unspecified atom stereocenters. The van der Waals surface area contributed by atoms with Crippen molar-refractivity contribution in [3.63, 3.8) is 0 Å².